The largest absolute Gasteiger partial charge is 0.486 e. The van der Waals surface area contributed by atoms with Gasteiger partial charge >= 0.3 is 5.69 Å². The van der Waals surface area contributed by atoms with Crippen molar-refractivity contribution >= 4 is 17.3 Å². The molecule has 0 spiro atoms. The zero-order valence-electron chi connectivity index (χ0n) is 14.1. The summed E-state index contributed by atoms with van der Waals surface area (Å²) in [7, 11) is 0. The Bertz CT molecular complexity index is 845. The summed E-state index contributed by atoms with van der Waals surface area (Å²) in [6, 6.07) is 4.41. The van der Waals surface area contributed by atoms with Crippen molar-refractivity contribution in [3.8, 4) is 11.5 Å². The van der Waals surface area contributed by atoms with Crippen molar-refractivity contribution in [2.24, 2.45) is 0 Å². The van der Waals surface area contributed by atoms with Crippen molar-refractivity contribution in [3.63, 3.8) is 0 Å². The first-order chi connectivity index (χ1) is 11.9. The molecule has 1 N–H and O–H groups in total. The van der Waals surface area contributed by atoms with Gasteiger partial charge in [0.1, 0.15) is 30.6 Å². The summed E-state index contributed by atoms with van der Waals surface area (Å²) in [5.41, 5.74) is 1.10. The second-order valence-corrected chi connectivity index (χ2v) is 5.74. The third kappa shape index (κ3) is 3.12. The van der Waals surface area contributed by atoms with Crippen LogP contribution in [0.2, 0.25) is 0 Å². The topological polar surface area (TPSA) is 109 Å². The molecule has 0 saturated heterocycles. The molecule has 0 radical (unpaired) electrons. The Kier molecular flexibility index (Phi) is 4.30. The minimum absolute atomic E-state index is 0.0704. The molecule has 132 valence electrons. The lowest BCUT2D eigenvalue weighted by molar-refractivity contribution is -0.386. The Morgan fingerprint density at radius 3 is 2.64 bits per heavy atom. The minimum Gasteiger partial charge on any atom is -0.486 e. The SMILES string of the molecule is Cc1nn([C@@H](C)C(=O)Nc2ccc3c(c2)OCCO3)c(C)c1[N+](=O)[O-]. The third-order valence-corrected chi connectivity index (χ3v) is 4.03. The molecule has 1 aliphatic rings. The van der Waals surface area contributed by atoms with Crippen molar-refractivity contribution < 1.29 is 19.2 Å². The highest BCUT2D eigenvalue weighted by atomic mass is 16.6. The number of nitro groups is 1. The maximum atomic E-state index is 12.5. The number of aromatic nitrogens is 2. The molecular formula is C16H18N4O5. The lowest BCUT2D eigenvalue weighted by Gasteiger charge is -2.19. The standard InChI is InChI=1S/C16H18N4O5/c1-9-15(20(22)23)10(2)19(18-9)11(3)16(21)17-12-4-5-13-14(8-12)25-7-6-24-13/h4-5,8,11H,6-7H2,1-3H3,(H,17,21)/t11-/m0/s1. The van der Waals surface area contributed by atoms with Crippen molar-refractivity contribution in [2.75, 3.05) is 18.5 Å². The van der Waals surface area contributed by atoms with Crippen LogP contribution in [-0.4, -0.2) is 33.8 Å². The molecule has 0 aliphatic carbocycles. The van der Waals surface area contributed by atoms with Gasteiger partial charge in [0.2, 0.25) is 5.91 Å². The number of carbonyl (C=O) groups is 1. The van der Waals surface area contributed by atoms with Crippen LogP contribution < -0.4 is 14.8 Å². The summed E-state index contributed by atoms with van der Waals surface area (Å²) in [6.45, 7) is 5.71. The van der Waals surface area contributed by atoms with Crippen LogP contribution in [0.5, 0.6) is 11.5 Å². The third-order valence-electron chi connectivity index (χ3n) is 4.03. The van der Waals surface area contributed by atoms with Gasteiger partial charge in [-0.2, -0.15) is 5.10 Å². The molecule has 0 fully saturated rings. The number of anilines is 1. The van der Waals surface area contributed by atoms with Crippen molar-refractivity contribution in [3.05, 3.63) is 39.7 Å². The van der Waals surface area contributed by atoms with Crippen LogP contribution in [-0.2, 0) is 4.79 Å². The summed E-state index contributed by atoms with van der Waals surface area (Å²) >= 11 is 0. The number of fused-ring (bicyclic) bond motifs is 1. The van der Waals surface area contributed by atoms with Gasteiger partial charge in [0.05, 0.1) is 4.92 Å². The summed E-state index contributed by atoms with van der Waals surface area (Å²) in [4.78, 5) is 23.1. The molecule has 1 atom stereocenters. The Labute approximate surface area is 143 Å². The van der Waals surface area contributed by atoms with Crippen molar-refractivity contribution in [1.82, 2.24) is 9.78 Å². The monoisotopic (exact) mass is 346 g/mol. The van der Waals surface area contributed by atoms with E-state index in [0.29, 0.717) is 36.1 Å². The molecule has 3 rings (SSSR count). The van der Waals surface area contributed by atoms with Gasteiger partial charge in [-0.15, -0.1) is 0 Å². The molecular weight excluding hydrogens is 328 g/mol. The maximum absolute atomic E-state index is 12.5. The van der Waals surface area contributed by atoms with E-state index in [0.717, 1.165) is 0 Å². The van der Waals surface area contributed by atoms with Crippen molar-refractivity contribution in [1.29, 1.82) is 0 Å². The van der Waals surface area contributed by atoms with Crippen LogP contribution in [0.4, 0.5) is 11.4 Å². The first-order valence-electron chi connectivity index (χ1n) is 7.79. The fraction of sp³-hybridized carbons (Fsp3) is 0.375. The Balaban J connectivity index is 1.79. The molecule has 1 amide bonds. The summed E-state index contributed by atoms with van der Waals surface area (Å²) in [5.74, 6) is 0.863. The Morgan fingerprint density at radius 1 is 1.32 bits per heavy atom. The number of benzene rings is 1. The molecule has 9 heteroatoms. The number of amides is 1. The first-order valence-corrected chi connectivity index (χ1v) is 7.79. The predicted octanol–water partition coefficient (Wildman–Crippen LogP) is 2.38. The van der Waals surface area contributed by atoms with Gasteiger partial charge in [0.25, 0.3) is 0 Å². The lowest BCUT2D eigenvalue weighted by atomic mass is 10.2. The van der Waals surface area contributed by atoms with Gasteiger partial charge in [-0.3, -0.25) is 19.6 Å². The van der Waals surface area contributed by atoms with E-state index < -0.39 is 11.0 Å². The van der Waals surface area contributed by atoms with Gasteiger partial charge in [0, 0.05) is 11.8 Å². The molecule has 2 heterocycles. The fourth-order valence-electron chi connectivity index (χ4n) is 2.77. The van der Waals surface area contributed by atoms with E-state index in [1.54, 1.807) is 39.0 Å². The van der Waals surface area contributed by atoms with Gasteiger partial charge in [-0.1, -0.05) is 0 Å². The highest BCUT2D eigenvalue weighted by molar-refractivity contribution is 5.93. The number of nitrogens with zero attached hydrogens (tertiary/aromatic N) is 3. The zero-order valence-corrected chi connectivity index (χ0v) is 14.1. The second-order valence-electron chi connectivity index (χ2n) is 5.74. The number of nitrogens with one attached hydrogen (secondary N) is 1. The van der Waals surface area contributed by atoms with Gasteiger partial charge < -0.3 is 14.8 Å². The van der Waals surface area contributed by atoms with Gasteiger partial charge in [0.15, 0.2) is 11.5 Å². The van der Waals surface area contributed by atoms with E-state index >= 15 is 0 Å². The minimum atomic E-state index is -0.708. The van der Waals surface area contributed by atoms with E-state index in [4.69, 9.17) is 9.47 Å². The molecule has 25 heavy (non-hydrogen) atoms. The van der Waals surface area contributed by atoms with E-state index in [1.165, 1.54) is 4.68 Å². The molecule has 0 saturated carbocycles. The number of aryl methyl sites for hydroxylation is 1. The quantitative estimate of drug-likeness (QED) is 0.672. The van der Waals surface area contributed by atoms with E-state index in [2.05, 4.69) is 10.4 Å². The summed E-state index contributed by atoms with van der Waals surface area (Å²) in [6.07, 6.45) is 0. The second kappa shape index (κ2) is 6.42. The fourth-order valence-corrected chi connectivity index (χ4v) is 2.77. The average molecular weight is 346 g/mol. The van der Waals surface area contributed by atoms with Crippen LogP contribution >= 0.6 is 0 Å². The smallest absolute Gasteiger partial charge is 0.312 e. The molecule has 2 aromatic rings. The Hall–Kier alpha value is -3.10. The average Bonchev–Trinajstić information content (AvgIpc) is 2.88. The number of ether oxygens (including phenoxy) is 2. The van der Waals surface area contributed by atoms with Crippen LogP contribution in [0.3, 0.4) is 0 Å². The molecule has 0 bridgehead atoms. The summed E-state index contributed by atoms with van der Waals surface area (Å²) in [5, 5.41) is 18.0. The summed E-state index contributed by atoms with van der Waals surface area (Å²) < 4.78 is 12.3. The van der Waals surface area contributed by atoms with Crippen LogP contribution in [0.15, 0.2) is 18.2 Å². The van der Waals surface area contributed by atoms with Gasteiger partial charge in [-0.25, -0.2) is 0 Å². The maximum Gasteiger partial charge on any atom is 0.312 e. The van der Waals surface area contributed by atoms with Gasteiger partial charge in [-0.05, 0) is 32.9 Å². The predicted molar refractivity (Wildman–Crippen MR) is 89.1 cm³/mol. The normalized spacial score (nSPS) is 14.0. The number of rotatable bonds is 4. The molecule has 9 nitrogen and oxygen atoms in total. The number of hydrogen-bond donors (Lipinski definition) is 1. The molecule has 0 unspecified atom stereocenters. The van der Waals surface area contributed by atoms with E-state index in [1.807, 2.05) is 0 Å². The molecule has 1 aromatic heterocycles. The number of hydrogen-bond acceptors (Lipinski definition) is 6. The highest BCUT2D eigenvalue weighted by Crippen LogP contribution is 2.33. The number of carbonyl (C=O) groups excluding carboxylic acids is 1. The van der Waals surface area contributed by atoms with Crippen molar-refractivity contribution in [2.45, 2.75) is 26.8 Å². The van der Waals surface area contributed by atoms with Crippen LogP contribution in [0.25, 0.3) is 0 Å². The van der Waals surface area contributed by atoms with E-state index in [9.17, 15) is 14.9 Å². The van der Waals surface area contributed by atoms with Crippen LogP contribution in [0.1, 0.15) is 24.4 Å². The lowest BCUT2D eigenvalue weighted by Crippen LogP contribution is -2.25. The Morgan fingerprint density at radius 2 is 2.00 bits per heavy atom. The molecule has 1 aliphatic heterocycles. The van der Waals surface area contributed by atoms with Crippen LogP contribution in [0, 0.1) is 24.0 Å². The molecule has 1 aromatic carbocycles. The highest BCUT2D eigenvalue weighted by Gasteiger charge is 2.27. The zero-order chi connectivity index (χ0) is 18.1. The van der Waals surface area contributed by atoms with E-state index in [-0.39, 0.29) is 17.3 Å². The first kappa shape index (κ1) is 16.7.